The fraction of sp³-hybridized carbons (Fsp3) is 0.200. The normalized spacial score (nSPS) is 18.8. The van der Waals surface area contributed by atoms with Crippen LogP contribution in [0.4, 0.5) is 0 Å². The molecule has 3 atom stereocenters. The zero-order chi connectivity index (χ0) is 22.0. The van der Waals surface area contributed by atoms with Crippen molar-refractivity contribution in [3.63, 3.8) is 0 Å². The number of ether oxygens (including phenoxy) is 2. The van der Waals surface area contributed by atoms with Gasteiger partial charge in [-0.15, -0.1) is 0 Å². The fourth-order valence-electron chi connectivity index (χ4n) is 3.79. The van der Waals surface area contributed by atoms with Crippen molar-refractivity contribution < 1.29 is 24.2 Å². The lowest BCUT2D eigenvalue weighted by atomic mass is 9.87. The average Bonchev–Trinajstić information content (AvgIpc) is 2.81. The molecule has 2 unspecified atom stereocenters. The van der Waals surface area contributed by atoms with Gasteiger partial charge in [-0.25, -0.2) is 4.79 Å². The molecule has 158 valence electrons. The number of rotatable bonds is 7. The molecular formula is C25H23NO5. The first-order valence-corrected chi connectivity index (χ1v) is 10.0. The first-order valence-electron chi connectivity index (χ1n) is 10.0. The number of para-hydroxylation sites is 1. The number of hydrogen-bond acceptors (Lipinski definition) is 4. The summed E-state index contributed by atoms with van der Waals surface area (Å²) in [6.07, 6.45) is -0.768. The number of amides is 1. The maximum Gasteiger partial charge on any atom is 0.326 e. The Kier molecular flexibility index (Phi) is 5.62. The molecule has 0 aromatic heterocycles. The molecule has 3 aromatic rings. The summed E-state index contributed by atoms with van der Waals surface area (Å²) in [5.74, 6) is -0.0229. The zero-order valence-corrected chi connectivity index (χ0v) is 17.3. The lowest BCUT2D eigenvalue weighted by Crippen LogP contribution is -2.65. The van der Waals surface area contributed by atoms with Gasteiger partial charge in [-0.05, 0) is 47.9 Å². The monoisotopic (exact) mass is 417 g/mol. The molecule has 0 saturated carbocycles. The van der Waals surface area contributed by atoms with Crippen LogP contribution in [0.2, 0.25) is 0 Å². The van der Waals surface area contributed by atoms with Gasteiger partial charge in [0.05, 0.1) is 7.11 Å². The second-order valence-electron chi connectivity index (χ2n) is 7.41. The van der Waals surface area contributed by atoms with Gasteiger partial charge in [0.2, 0.25) is 6.10 Å². The number of methoxy groups -OCH3 is 1. The van der Waals surface area contributed by atoms with Gasteiger partial charge in [-0.2, -0.15) is 0 Å². The van der Waals surface area contributed by atoms with E-state index in [-0.39, 0.29) is 5.91 Å². The van der Waals surface area contributed by atoms with Crippen LogP contribution in [0, 0.1) is 0 Å². The number of hydrogen-bond donors (Lipinski definition) is 1. The van der Waals surface area contributed by atoms with E-state index in [0.29, 0.717) is 5.75 Å². The van der Waals surface area contributed by atoms with Crippen LogP contribution < -0.4 is 9.47 Å². The fourth-order valence-corrected chi connectivity index (χ4v) is 3.79. The summed E-state index contributed by atoms with van der Waals surface area (Å²) >= 11 is 0. The second kappa shape index (κ2) is 8.52. The van der Waals surface area contributed by atoms with Crippen molar-refractivity contribution in [1.29, 1.82) is 0 Å². The minimum Gasteiger partial charge on any atom is -0.497 e. The zero-order valence-electron chi connectivity index (χ0n) is 17.3. The molecule has 1 aliphatic rings. The number of carboxylic acid groups (broad SMARTS) is 1. The smallest absolute Gasteiger partial charge is 0.326 e. The van der Waals surface area contributed by atoms with Crippen LogP contribution in [-0.4, -0.2) is 41.1 Å². The van der Waals surface area contributed by atoms with Crippen LogP contribution in [0.5, 0.6) is 11.5 Å². The van der Waals surface area contributed by atoms with Crippen molar-refractivity contribution in [3.8, 4) is 22.6 Å². The summed E-state index contributed by atoms with van der Waals surface area (Å²) < 4.78 is 11.1. The highest BCUT2D eigenvalue weighted by molar-refractivity contribution is 5.93. The number of aliphatic carboxylic acids is 1. The van der Waals surface area contributed by atoms with Gasteiger partial charge in [0.25, 0.3) is 5.91 Å². The Morgan fingerprint density at radius 1 is 0.903 bits per heavy atom. The predicted molar refractivity (Wildman–Crippen MR) is 116 cm³/mol. The third-order valence-electron chi connectivity index (χ3n) is 5.54. The number of carboxylic acids is 1. The van der Waals surface area contributed by atoms with E-state index in [1.165, 1.54) is 11.8 Å². The van der Waals surface area contributed by atoms with E-state index in [9.17, 15) is 14.7 Å². The maximum absolute atomic E-state index is 12.8. The van der Waals surface area contributed by atoms with E-state index >= 15 is 0 Å². The summed E-state index contributed by atoms with van der Waals surface area (Å²) in [6, 6.07) is 23.1. The number of carbonyl (C=O) groups is 2. The van der Waals surface area contributed by atoms with Crippen molar-refractivity contribution in [2.75, 3.05) is 7.11 Å². The third-order valence-corrected chi connectivity index (χ3v) is 5.54. The molecule has 1 fully saturated rings. The number of benzene rings is 3. The highest BCUT2D eigenvalue weighted by Crippen LogP contribution is 2.40. The largest absolute Gasteiger partial charge is 0.497 e. The molecule has 4 rings (SSSR count). The van der Waals surface area contributed by atoms with Crippen molar-refractivity contribution in [2.45, 2.75) is 25.1 Å². The molecule has 1 aliphatic heterocycles. The first-order chi connectivity index (χ1) is 15.0. The van der Waals surface area contributed by atoms with Gasteiger partial charge in [-0.3, -0.25) is 4.79 Å². The Hall–Kier alpha value is -3.80. The topological polar surface area (TPSA) is 76.1 Å². The van der Waals surface area contributed by atoms with Crippen LogP contribution in [0.3, 0.4) is 0 Å². The van der Waals surface area contributed by atoms with Crippen molar-refractivity contribution in [2.24, 2.45) is 0 Å². The maximum atomic E-state index is 12.8. The summed E-state index contributed by atoms with van der Waals surface area (Å²) in [5, 5.41) is 9.47. The van der Waals surface area contributed by atoms with Gasteiger partial charge in [-0.1, -0.05) is 54.6 Å². The standard InChI is InChI=1S/C25H23NO5/c1-16(25(28)29)26-22(23(24(26)27)31-21-6-4-3-5-7-21)19-10-8-17(9-11-19)18-12-14-20(30-2)15-13-18/h3-16,22-23H,1-2H3,(H,28,29)/t16-,22?,23?/m0/s1. The van der Waals surface area contributed by atoms with Gasteiger partial charge in [0.15, 0.2) is 0 Å². The summed E-state index contributed by atoms with van der Waals surface area (Å²) in [7, 11) is 1.63. The SMILES string of the molecule is COc1ccc(-c2ccc(C3C(Oc4ccccc4)C(=O)N3[C@@H](C)C(=O)O)cc2)cc1. The molecular weight excluding hydrogens is 394 g/mol. The molecule has 6 heteroatoms. The van der Waals surface area contributed by atoms with E-state index in [1.54, 1.807) is 19.2 Å². The summed E-state index contributed by atoms with van der Waals surface area (Å²) in [4.78, 5) is 25.7. The Morgan fingerprint density at radius 3 is 2.03 bits per heavy atom. The molecule has 0 aliphatic carbocycles. The molecule has 0 radical (unpaired) electrons. The minimum atomic E-state index is -1.05. The van der Waals surface area contributed by atoms with Crippen molar-refractivity contribution >= 4 is 11.9 Å². The molecule has 1 heterocycles. The molecule has 6 nitrogen and oxygen atoms in total. The number of nitrogens with zero attached hydrogens (tertiary/aromatic N) is 1. The van der Waals surface area contributed by atoms with Crippen LogP contribution in [-0.2, 0) is 9.59 Å². The van der Waals surface area contributed by atoms with E-state index in [1.807, 2.05) is 66.7 Å². The van der Waals surface area contributed by atoms with Gasteiger partial charge >= 0.3 is 5.97 Å². The highest BCUT2D eigenvalue weighted by Gasteiger charge is 2.53. The number of likely N-dealkylation sites (tertiary alicyclic amines) is 1. The quantitative estimate of drug-likeness (QED) is 0.584. The van der Waals surface area contributed by atoms with Gasteiger partial charge in [0, 0.05) is 0 Å². The van der Waals surface area contributed by atoms with Crippen LogP contribution >= 0.6 is 0 Å². The predicted octanol–water partition coefficient (Wildman–Crippen LogP) is 4.17. The van der Waals surface area contributed by atoms with Crippen LogP contribution in [0.25, 0.3) is 11.1 Å². The Balaban J connectivity index is 1.62. The Labute approximate surface area is 180 Å². The van der Waals surface area contributed by atoms with Gasteiger partial charge in [0.1, 0.15) is 23.6 Å². The van der Waals surface area contributed by atoms with Crippen LogP contribution in [0.1, 0.15) is 18.5 Å². The third kappa shape index (κ3) is 3.97. The molecule has 31 heavy (non-hydrogen) atoms. The minimum absolute atomic E-state index is 0.331. The lowest BCUT2D eigenvalue weighted by molar-refractivity contribution is -0.175. The highest BCUT2D eigenvalue weighted by atomic mass is 16.5. The summed E-state index contributed by atoms with van der Waals surface area (Å²) in [5.41, 5.74) is 2.87. The number of carbonyl (C=O) groups excluding carboxylic acids is 1. The first kappa shape index (κ1) is 20.5. The van der Waals surface area contributed by atoms with Crippen molar-refractivity contribution in [1.82, 2.24) is 4.90 Å². The molecule has 0 spiro atoms. The van der Waals surface area contributed by atoms with Crippen LogP contribution in [0.15, 0.2) is 78.9 Å². The molecule has 1 N–H and O–H groups in total. The van der Waals surface area contributed by atoms with Gasteiger partial charge < -0.3 is 19.5 Å². The van der Waals surface area contributed by atoms with Crippen molar-refractivity contribution in [3.05, 3.63) is 84.4 Å². The van der Waals surface area contributed by atoms with E-state index < -0.39 is 24.2 Å². The molecule has 1 amide bonds. The number of β-lactam (4-membered cyclic amide) rings is 1. The summed E-state index contributed by atoms with van der Waals surface area (Å²) in [6.45, 7) is 1.51. The van der Waals surface area contributed by atoms with E-state index in [2.05, 4.69) is 0 Å². The molecule has 0 bridgehead atoms. The lowest BCUT2D eigenvalue weighted by Gasteiger charge is -2.48. The Bertz CT molecular complexity index is 1060. The van der Waals surface area contributed by atoms with E-state index in [0.717, 1.165) is 22.4 Å². The van der Waals surface area contributed by atoms with E-state index in [4.69, 9.17) is 9.47 Å². The molecule has 1 saturated heterocycles. The average molecular weight is 417 g/mol. The Morgan fingerprint density at radius 2 is 1.48 bits per heavy atom. The molecule has 3 aromatic carbocycles. The second-order valence-corrected chi connectivity index (χ2v) is 7.41.